The zero-order chi connectivity index (χ0) is 20.9. The summed E-state index contributed by atoms with van der Waals surface area (Å²) in [6.07, 6.45) is 7.51. The second-order valence-corrected chi connectivity index (χ2v) is 8.92. The van der Waals surface area contributed by atoms with E-state index >= 15 is 0 Å². The maximum absolute atomic E-state index is 6.08. The third-order valence-corrected chi connectivity index (χ3v) is 6.59. The molecule has 31 heavy (non-hydrogen) atoms. The largest absolute Gasteiger partial charge is 0.494 e. The molecule has 0 spiro atoms. The molecule has 0 N–H and O–H groups in total. The molecule has 0 bridgehead atoms. The molecule has 2 fully saturated rings. The van der Waals surface area contributed by atoms with Crippen molar-refractivity contribution in [2.75, 3.05) is 52.5 Å². The lowest BCUT2D eigenvalue weighted by atomic mass is 10.1. The molecule has 2 aromatic carbocycles. The molecule has 5 heteroatoms. The Balaban J connectivity index is 1.17. The number of benzene rings is 2. The summed E-state index contributed by atoms with van der Waals surface area (Å²) in [5.41, 5.74) is 1.77. The molecule has 2 aliphatic heterocycles. The maximum atomic E-state index is 6.08. The number of likely N-dealkylation sites (tertiary alicyclic amines) is 2. The average molecular weight is 423 g/mol. The summed E-state index contributed by atoms with van der Waals surface area (Å²) in [6.45, 7) is 8.76. The van der Waals surface area contributed by atoms with E-state index in [0.717, 1.165) is 72.6 Å². The van der Waals surface area contributed by atoms with E-state index in [1.807, 2.05) is 18.2 Å². The van der Waals surface area contributed by atoms with E-state index in [2.05, 4.69) is 28.0 Å². The lowest BCUT2D eigenvalue weighted by molar-refractivity contribution is 0.263. The van der Waals surface area contributed by atoms with Crippen molar-refractivity contribution in [2.24, 2.45) is 0 Å². The van der Waals surface area contributed by atoms with Crippen LogP contribution in [0.1, 0.15) is 38.5 Å². The maximum Gasteiger partial charge on any atom is 0.139 e. The third kappa shape index (κ3) is 5.16. The highest BCUT2D eigenvalue weighted by atomic mass is 16.5. The first kappa shape index (κ1) is 20.7. The van der Waals surface area contributed by atoms with Crippen LogP contribution < -0.4 is 9.47 Å². The lowest BCUT2D eigenvalue weighted by Crippen LogP contribution is -2.21. The predicted octanol–water partition coefficient (Wildman–Crippen LogP) is 5.32. The van der Waals surface area contributed by atoms with Crippen molar-refractivity contribution in [1.29, 1.82) is 0 Å². The van der Waals surface area contributed by atoms with Crippen molar-refractivity contribution in [3.8, 4) is 11.5 Å². The number of rotatable bonds is 10. The first-order chi connectivity index (χ1) is 15.3. The Bertz CT molecular complexity index is 987. The second-order valence-electron chi connectivity index (χ2n) is 8.92. The fraction of sp³-hybridized carbons (Fsp3) is 0.538. The van der Waals surface area contributed by atoms with Gasteiger partial charge in [0.05, 0.1) is 13.2 Å². The number of fused-ring (bicyclic) bond motifs is 3. The van der Waals surface area contributed by atoms with Crippen LogP contribution in [0.2, 0.25) is 0 Å². The third-order valence-electron chi connectivity index (χ3n) is 6.59. The summed E-state index contributed by atoms with van der Waals surface area (Å²) in [7, 11) is 0. The molecule has 5 nitrogen and oxygen atoms in total. The molecule has 0 unspecified atom stereocenters. The van der Waals surface area contributed by atoms with Crippen LogP contribution in [-0.4, -0.2) is 62.3 Å². The van der Waals surface area contributed by atoms with Crippen molar-refractivity contribution in [2.45, 2.75) is 38.5 Å². The number of ether oxygens (including phenoxy) is 2. The molecule has 2 aliphatic rings. The van der Waals surface area contributed by atoms with Gasteiger partial charge in [0.2, 0.25) is 0 Å². The topological polar surface area (TPSA) is 38.1 Å². The minimum Gasteiger partial charge on any atom is -0.494 e. The molecule has 3 aromatic rings. The molecular formula is C26H34N2O3. The SMILES string of the molecule is c1cc2c(cc1OCCCN1CCCC1)oc1ccc(OCCCN3CCCC3)cc12. The zero-order valence-electron chi connectivity index (χ0n) is 18.5. The van der Waals surface area contributed by atoms with Gasteiger partial charge in [-0.25, -0.2) is 0 Å². The van der Waals surface area contributed by atoms with Crippen molar-refractivity contribution in [1.82, 2.24) is 9.80 Å². The van der Waals surface area contributed by atoms with Gasteiger partial charge in [-0.2, -0.15) is 0 Å². The van der Waals surface area contributed by atoms with Gasteiger partial charge >= 0.3 is 0 Å². The van der Waals surface area contributed by atoms with E-state index in [-0.39, 0.29) is 0 Å². The Hall–Kier alpha value is -2.24. The lowest BCUT2D eigenvalue weighted by Gasteiger charge is -2.14. The molecule has 2 saturated heterocycles. The van der Waals surface area contributed by atoms with Gasteiger partial charge in [0.15, 0.2) is 0 Å². The highest BCUT2D eigenvalue weighted by Crippen LogP contribution is 2.33. The van der Waals surface area contributed by atoms with Crippen molar-refractivity contribution in [3.63, 3.8) is 0 Å². The molecule has 3 heterocycles. The van der Waals surface area contributed by atoms with Crippen molar-refractivity contribution >= 4 is 21.9 Å². The summed E-state index contributed by atoms with van der Waals surface area (Å²) in [5, 5.41) is 2.22. The first-order valence-corrected chi connectivity index (χ1v) is 12.0. The van der Waals surface area contributed by atoms with Gasteiger partial charge in [-0.05, 0) is 95.0 Å². The predicted molar refractivity (Wildman–Crippen MR) is 125 cm³/mol. The standard InChI is InChI=1S/C26H34N2O3/c1-2-12-27(11-1)15-5-17-29-21-8-10-25-24(19-21)23-9-7-22(20-26(23)31-25)30-18-6-16-28-13-3-4-14-28/h7-10,19-20H,1-6,11-18H2. The number of hydrogen-bond donors (Lipinski definition) is 0. The fourth-order valence-electron chi connectivity index (χ4n) is 4.89. The summed E-state index contributed by atoms with van der Waals surface area (Å²) < 4.78 is 18.1. The van der Waals surface area contributed by atoms with Gasteiger partial charge in [-0.1, -0.05) is 0 Å². The van der Waals surface area contributed by atoms with Crippen LogP contribution in [0.15, 0.2) is 40.8 Å². The van der Waals surface area contributed by atoms with Crippen LogP contribution in [-0.2, 0) is 0 Å². The molecule has 5 rings (SSSR count). The smallest absolute Gasteiger partial charge is 0.139 e. The Kier molecular flexibility index (Phi) is 6.61. The minimum atomic E-state index is 0.748. The molecule has 1 aromatic heterocycles. The van der Waals surface area contributed by atoms with Crippen molar-refractivity contribution < 1.29 is 13.9 Å². The van der Waals surface area contributed by atoms with Gasteiger partial charge in [-0.3, -0.25) is 0 Å². The highest BCUT2D eigenvalue weighted by Gasteiger charge is 2.13. The van der Waals surface area contributed by atoms with Crippen molar-refractivity contribution in [3.05, 3.63) is 36.4 Å². The second kappa shape index (κ2) is 9.92. The fourth-order valence-corrected chi connectivity index (χ4v) is 4.89. The van der Waals surface area contributed by atoms with Crippen LogP contribution in [0.3, 0.4) is 0 Å². The van der Waals surface area contributed by atoms with Crippen LogP contribution in [0.25, 0.3) is 21.9 Å². The molecular weight excluding hydrogens is 388 g/mol. The Morgan fingerprint density at radius 2 is 1.23 bits per heavy atom. The van der Waals surface area contributed by atoms with E-state index in [1.165, 1.54) is 51.9 Å². The quantitative estimate of drug-likeness (QED) is 0.414. The van der Waals surface area contributed by atoms with Gasteiger partial charge in [0, 0.05) is 29.9 Å². The average Bonchev–Trinajstić information content (AvgIpc) is 3.55. The number of nitrogens with zero attached hydrogens (tertiary/aromatic N) is 2. The summed E-state index contributed by atoms with van der Waals surface area (Å²) in [4.78, 5) is 5.06. The Labute approximate surface area is 184 Å². The van der Waals surface area contributed by atoms with E-state index in [0.29, 0.717) is 0 Å². The number of furan rings is 1. The van der Waals surface area contributed by atoms with Gasteiger partial charge in [0.1, 0.15) is 22.7 Å². The van der Waals surface area contributed by atoms with E-state index < -0.39 is 0 Å². The molecule has 0 saturated carbocycles. The van der Waals surface area contributed by atoms with Crippen LogP contribution >= 0.6 is 0 Å². The Morgan fingerprint density at radius 1 is 0.645 bits per heavy atom. The summed E-state index contributed by atoms with van der Waals surface area (Å²) in [6, 6.07) is 12.3. The summed E-state index contributed by atoms with van der Waals surface area (Å²) in [5.74, 6) is 1.80. The van der Waals surface area contributed by atoms with Crippen LogP contribution in [0.4, 0.5) is 0 Å². The Morgan fingerprint density at radius 3 is 1.87 bits per heavy atom. The molecule has 0 radical (unpaired) electrons. The van der Waals surface area contributed by atoms with Crippen LogP contribution in [0.5, 0.6) is 11.5 Å². The zero-order valence-corrected chi connectivity index (χ0v) is 18.5. The molecule has 0 aliphatic carbocycles. The molecule has 166 valence electrons. The normalized spacial score (nSPS) is 17.8. The van der Waals surface area contributed by atoms with E-state index in [4.69, 9.17) is 13.9 Å². The van der Waals surface area contributed by atoms with Gasteiger partial charge < -0.3 is 23.7 Å². The number of hydrogen-bond acceptors (Lipinski definition) is 5. The summed E-state index contributed by atoms with van der Waals surface area (Å²) >= 11 is 0. The highest BCUT2D eigenvalue weighted by molar-refractivity contribution is 6.05. The first-order valence-electron chi connectivity index (χ1n) is 12.0. The van der Waals surface area contributed by atoms with Crippen LogP contribution in [0, 0.1) is 0 Å². The van der Waals surface area contributed by atoms with Gasteiger partial charge in [0.25, 0.3) is 0 Å². The van der Waals surface area contributed by atoms with Gasteiger partial charge in [-0.15, -0.1) is 0 Å². The molecule has 0 amide bonds. The van der Waals surface area contributed by atoms with E-state index in [9.17, 15) is 0 Å². The monoisotopic (exact) mass is 422 g/mol. The minimum absolute atomic E-state index is 0.748. The molecule has 0 atom stereocenters. The van der Waals surface area contributed by atoms with E-state index in [1.54, 1.807) is 0 Å².